The number of rotatable bonds is 3. The Morgan fingerprint density at radius 1 is 1.00 bits per heavy atom. The second kappa shape index (κ2) is 5.72. The van der Waals surface area contributed by atoms with Crippen molar-refractivity contribution in [3.8, 4) is 11.1 Å². The van der Waals surface area contributed by atoms with Gasteiger partial charge in [-0.2, -0.15) is 11.1 Å². The largest absolute Gasteiger partial charge is 0.176 e. The quantitative estimate of drug-likeness (QED) is 0.584. The summed E-state index contributed by atoms with van der Waals surface area (Å²) in [4.78, 5) is 0. The van der Waals surface area contributed by atoms with E-state index in [9.17, 15) is 0 Å². The Morgan fingerprint density at radius 2 is 1.61 bits per heavy atom. The van der Waals surface area contributed by atoms with Crippen molar-refractivity contribution < 1.29 is 0 Å². The lowest BCUT2D eigenvalue weighted by molar-refractivity contribution is 1.30. The number of aryl methyl sites for hydroxylation is 3. The second-order valence-electron chi connectivity index (χ2n) is 4.87. The fourth-order valence-electron chi connectivity index (χ4n) is 2.69. The SMILES string of the molecule is Cc1cc(C)c(-c2ccccc2C[SiH2]Cl)c(C)c1. The van der Waals surface area contributed by atoms with Crippen LogP contribution in [-0.2, 0) is 6.04 Å². The highest BCUT2D eigenvalue weighted by molar-refractivity contribution is 6.93. The molecule has 0 amide bonds. The summed E-state index contributed by atoms with van der Waals surface area (Å²) >= 11 is 6.04. The van der Waals surface area contributed by atoms with Gasteiger partial charge >= 0.3 is 0 Å². The summed E-state index contributed by atoms with van der Waals surface area (Å²) in [7, 11) is -0.471. The van der Waals surface area contributed by atoms with Crippen LogP contribution < -0.4 is 0 Å². The van der Waals surface area contributed by atoms with Crippen molar-refractivity contribution in [3.63, 3.8) is 0 Å². The lowest BCUT2D eigenvalue weighted by Gasteiger charge is -2.15. The first kappa shape index (κ1) is 13.4. The lowest BCUT2D eigenvalue weighted by Crippen LogP contribution is -1.97. The van der Waals surface area contributed by atoms with Crippen LogP contribution in [0.25, 0.3) is 11.1 Å². The maximum absolute atomic E-state index is 6.04. The van der Waals surface area contributed by atoms with E-state index in [1.54, 1.807) is 0 Å². The monoisotopic (exact) mass is 274 g/mol. The molecule has 2 aromatic carbocycles. The van der Waals surface area contributed by atoms with Crippen LogP contribution in [0.5, 0.6) is 0 Å². The highest BCUT2D eigenvalue weighted by Crippen LogP contribution is 2.31. The first-order valence-corrected chi connectivity index (χ1v) is 9.49. The van der Waals surface area contributed by atoms with E-state index in [1.165, 1.54) is 33.4 Å². The Kier molecular flexibility index (Phi) is 4.26. The Bertz CT molecular complexity index is 538. The molecule has 2 aromatic rings. The molecule has 0 bridgehead atoms. The fourth-order valence-corrected chi connectivity index (χ4v) is 3.94. The summed E-state index contributed by atoms with van der Waals surface area (Å²) in [6.45, 7) is 6.55. The normalized spacial score (nSPS) is 11.3. The van der Waals surface area contributed by atoms with Gasteiger partial charge in [0, 0.05) is 0 Å². The van der Waals surface area contributed by atoms with Crippen molar-refractivity contribution in [2.75, 3.05) is 0 Å². The molecule has 0 aliphatic heterocycles. The highest BCUT2D eigenvalue weighted by atomic mass is 35.6. The van der Waals surface area contributed by atoms with Gasteiger partial charge in [0.2, 0.25) is 0 Å². The minimum absolute atomic E-state index is 0.471. The van der Waals surface area contributed by atoms with Gasteiger partial charge in [-0.1, -0.05) is 42.0 Å². The standard InChI is InChI=1S/C16H19ClSi/c1-11-8-12(2)16(13(3)9-11)15-7-5-4-6-14(15)10-18-17/h4-9H,10,18H2,1-3H3. The van der Waals surface area contributed by atoms with Crippen LogP contribution in [0, 0.1) is 20.8 Å². The van der Waals surface area contributed by atoms with Crippen molar-refractivity contribution in [3.05, 3.63) is 58.7 Å². The van der Waals surface area contributed by atoms with Crippen LogP contribution in [0.2, 0.25) is 0 Å². The molecule has 2 rings (SSSR count). The molecular formula is C16H19ClSi. The minimum atomic E-state index is -0.471. The van der Waals surface area contributed by atoms with E-state index in [0.29, 0.717) is 0 Å². The van der Waals surface area contributed by atoms with Crippen molar-refractivity contribution in [1.29, 1.82) is 0 Å². The molecule has 0 saturated heterocycles. The topological polar surface area (TPSA) is 0 Å². The molecule has 0 unspecified atom stereocenters. The van der Waals surface area contributed by atoms with Gasteiger partial charge in [-0.25, -0.2) is 0 Å². The smallest absolute Gasteiger partial charge is 0.129 e. The Morgan fingerprint density at radius 3 is 2.22 bits per heavy atom. The molecule has 0 fully saturated rings. The molecule has 0 spiro atoms. The van der Waals surface area contributed by atoms with E-state index in [0.717, 1.165) is 6.04 Å². The first-order chi connectivity index (χ1) is 8.63. The van der Waals surface area contributed by atoms with E-state index >= 15 is 0 Å². The Balaban J connectivity index is 2.62. The van der Waals surface area contributed by atoms with Crippen molar-refractivity contribution in [2.45, 2.75) is 26.8 Å². The second-order valence-corrected chi connectivity index (χ2v) is 6.88. The minimum Gasteiger partial charge on any atom is -0.176 e. The summed E-state index contributed by atoms with van der Waals surface area (Å²) in [5, 5.41) is 0. The molecule has 0 N–H and O–H groups in total. The maximum atomic E-state index is 6.04. The summed E-state index contributed by atoms with van der Waals surface area (Å²) < 4.78 is 0. The third-order valence-electron chi connectivity index (χ3n) is 3.33. The molecular weight excluding hydrogens is 256 g/mol. The van der Waals surface area contributed by atoms with Crippen molar-refractivity contribution in [1.82, 2.24) is 0 Å². The van der Waals surface area contributed by atoms with Crippen LogP contribution in [0.3, 0.4) is 0 Å². The Labute approximate surface area is 117 Å². The third-order valence-corrected chi connectivity index (χ3v) is 4.62. The predicted octanol–water partition coefficient (Wildman–Crippen LogP) is 4.10. The number of benzene rings is 2. The highest BCUT2D eigenvalue weighted by Gasteiger charge is 2.10. The van der Waals surface area contributed by atoms with Gasteiger partial charge in [-0.15, -0.1) is 0 Å². The number of hydrogen-bond donors (Lipinski definition) is 0. The molecule has 94 valence electrons. The van der Waals surface area contributed by atoms with E-state index in [2.05, 4.69) is 57.2 Å². The zero-order valence-electron chi connectivity index (χ0n) is 11.3. The van der Waals surface area contributed by atoms with Gasteiger partial charge < -0.3 is 0 Å². The van der Waals surface area contributed by atoms with Gasteiger partial charge in [0.25, 0.3) is 0 Å². The summed E-state index contributed by atoms with van der Waals surface area (Å²) in [6, 6.07) is 14.2. The van der Waals surface area contributed by atoms with Gasteiger partial charge in [-0.3, -0.25) is 0 Å². The zero-order chi connectivity index (χ0) is 13.1. The first-order valence-electron chi connectivity index (χ1n) is 6.35. The van der Waals surface area contributed by atoms with E-state index in [4.69, 9.17) is 11.1 Å². The molecule has 0 aromatic heterocycles. The van der Waals surface area contributed by atoms with E-state index in [1.807, 2.05) is 0 Å². The predicted molar refractivity (Wildman–Crippen MR) is 84.2 cm³/mol. The molecule has 2 heteroatoms. The van der Waals surface area contributed by atoms with Crippen LogP contribution in [0.4, 0.5) is 0 Å². The van der Waals surface area contributed by atoms with Crippen LogP contribution in [0.15, 0.2) is 36.4 Å². The number of halogens is 1. The fraction of sp³-hybridized carbons (Fsp3) is 0.250. The molecule has 0 atom stereocenters. The van der Waals surface area contributed by atoms with Gasteiger partial charge in [0.15, 0.2) is 0 Å². The maximum Gasteiger partial charge on any atom is 0.129 e. The van der Waals surface area contributed by atoms with Gasteiger partial charge in [0.1, 0.15) is 8.83 Å². The van der Waals surface area contributed by atoms with Crippen molar-refractivity contribution >= 4 is 19.9 Å². The average molecular weight is 275 g/mol. The molecule has 0 radical (unpaired) electrons. The molecule has 0 aliphatic rings. The summed E-state index contributed by atoms with van der Waals surface area (Å²) in [6.07, 6.45) is 0. The molecule has 18 heavy (non-hydrogen) atoms. The van der Waals surface area contributed by atoms with Crippen molar-refractivity contribution in [2.24, 2.45) is 0 Å². The van der Waals surface area contributed by atoms with E-state index < -0.39 is 8.83 Å². The van der Waals surface area contributed by atoms with E-state index in [-0.39, 0.29) is 0 Å². The van der Waals surface area contributed by atoms with Crippen LogP contribution in [-0.4, -0.2) is 8.83 Å². The summed E-state index contributed by atoms with van der Waals surface area (Å²) in [5.41, 5.74) is 8.19. The summed E-state index contributed by atoms with van der Waals surface area (Å²) in [5.74, 6) is 0. The molecule has 0 heterocycles. The molecule has 0 saturated carbocycles. The van der Waals surface area contributed by atoms with Gasteiger partial charge in [0.05, 0.1) is 0 Å². The Hall–Kier alpha value is -1.05. The third kappa shape index (κ3) is 2.68. The zero-order valence-corrected chi connectivity index (χ0v) is 13.4. The van der Waals surface area contributed by atoms with Crippen LogP contribution in [0.1, 0.15) is 22.3 Å². The average Bonchev–Trinajstić information content (AvgIpc) is 2.30. The van der Waals surface area contributed by atoms with Crippen LogP contribution >= 0.6 is 11.1 Å². The lowest BCUT2D eigenvalue weighted by atomic mass is 9.91. The van der Waals surface area contributed by atoms with Gasteiger partial charge in [-0.05, 0) is 54.6 Å². The number of hydrogen-bond acceptors (Lipinski definition) is 0. The molecule has 0 nitrogen and oxygen atoms in total. The molecule has 0 aliphatic carbocycles.